The zero-order valence-corrected chi connectivity index (χ0v) is 47.4. The van der Waals surface area contributed by atoms with Crippen molar-refractivity contribution in [3.8, 4) is 0 Å². The highest BCUT2D eigenvalue weighted by Crippen LogP contribution is 2.15. The topological polar surface area (TPSA) is 78.9 Å². The fourth-order valence-electron chi connectivity index (χ4n) is 8.03. The molecule has 6 heteroatoms. The van der Waals surface area contributed by atoms with Crippen LogP contribution in [-0.4, -0.2) is 37.2 Å². The quantitative estimate of drug-likeness (QED) is 0.0261. The van der Waals surface area contributed by atoms with E-state index >= 15 is 0 Å². The van der Waals surface area contributed by atoms with Crippen molar-refractivity contribution in [1.29, 1.82) is 0 Å². The van der Waals surface area contributed by atoms with Crippen molar-refractivity contribution in [3.63, 3.8) is 0 Å². The van der Waals surface area contributed by atoms with Crippen molar-refractivity contribution in [2.24, 2.45) is 0 Å². The monoisotopic (exact) mass is 1010 g/mol. The Kier molecular flexibility index (Phi) is 56.9. The molecule has 1 atom stereocenters. The summed E-state index contributed by atoms with van der Waals surface area (Å²) in [6.07, 6.45) is 83.3. The van der Waals surface area contributed by atoms with Crippen molar-refractivity contribution in [2.45, 2.75) is 271 Å². The Labute approximate surface area is 450 Å². The summed E-state index contributed by atoms with van der Waals surface area (Å²) in [6, 6.07) is 0. The van der Waals surface area contributed by atoms with Gasteiger partial charge < -0.3 is 14.2 Å². The number of esters is 3. The van der Waals surface area contributed by atoms with Gasteiger partial charge in [0.25, 0.3) is 0 Å². The lowest BCUT2D eigenvalue weighted by molar-refractivity contribution is -0.167. The van der Waals surface area contributed by atoms with Crippen LogP contribution in [0.2, 0.25) is 0 Å². The van der Waals surface area contributed by atoms with Crippen molar-refractivity contribution >= 4 is 17.9 Å². The van der Waals surface area contributed by atoms with Gasteiger partial charge in [-0.25, -0.2) is 0 Å². The molecule has 0 spiro atoms. The van der Waals surface area contributed by atoms with Crippen LogP contribution >= 0.6 is 0 Å². The molecule has 0 saturated heterocycles. The van der Waals surface area contributed by atoms with Gasteiger partial charge in [0, 0.05) is 19.3 Å². The molecule has 0 bridgehead atoms. The first-order valence-electron chi connectivity index (χ1n) is 30.0. The highest BCUT2D eigenvalue weighted by molar-refractivity contribution is 5.71. The highest BCUT2D eigenvalue weighted by atomic mass is 16.6. The molecule has 0 saturated carbocycles. The van der Waals surface area contributed by atoms with E-state index in [4.69, 9.17) is 14.2 Å². The minimum absolute atomic E-state index is 0.0905. The molecule has 414 valence electrons. The van der Waals surface area contributed by atoms with Crippen LogP contribution in [0.25, 0.3) is 0 Å². The summed E-state index contributed by atoms with van der Waals surface area (Å²) in [5.74, 6) is -0.924. The second-order valence-electron chi connectivity index (χ2n) is 19.5. The third-order valence-electron chi connectivity index (χ3n) is 12.5. The van der Waals surface area contributed by atoms with Crippen LogP contribution in [-0.2, 0) is 28.6 Å². The predicted molar refractivity (Wildman–Crippen MR) is 316 cm³/mol. The van der Waals surface area contributed by atoms with Crippen LogP contribution in [0, 0.1) is 0 Å². The molecular formula is C67H110O6. The van der Waals surface area contributed by atoms with E-state index in [-0.39, 0.29) is 31.1 Å². The first-order valence-corrected chi connectivity index (χ1v) is 30.0. The van der Waals surface area contributed by atoms with Gasteiger partial charge in [0.05, 0.1) is 0 Å². The largest absolute Gasteiger partial charge is 0.462 e. The molecule has 1 unspecified atom stereocenters. The van der Waals surface area contributed by atoms with Gasteiger partial charge >= 0.3 is 17.9 Å². The molecule has 6 nitrogen and oxygen atoms in total. The minimum atomic E-state index is -0.796. The highest BCUT2D eigenvalue weighted by Gasteiger charge is 2.19. The van der Waals surface area contributed by atoms with Crippen molar-refractivity contribution < 1.29 is 28.6 Å². The number of rotatable bonds is 53. The molecule has 0 radical (unpaired) electrons. The number of hydrogen-bond donors (Lipinski definition) is 0. The van der Waals surface area contributed by atoms with Crippen LogP contribution in [0.5, 0.6) is 0 Å². The average molecular weight is 1010 g/mol. The minimum Gasteiger partial charge on any atom is -0.462 e. The second kappa shape index (κ2) is 60.4. The number of ether oxygens (including phenoxy) is 3. The van der Waals surface area contributed by atoms with E-state index in [1.807, 2.05) is 0 Å². The normalized spacial score (nSPS) is 13.0. The van der Waals surface area contributed by atoms with Gasteiger partial charge in [-0.1, -0.05) is 258 Å². The summed E-state index contributed by atoms with van der Waals surface area (Å²) in [5.41, 5.74) is 0. The predicted octanol–water partition coefficient (Wildman–Crippen LogP) is 20.4. The first kappa shape index (κ1) is 68.8. The third kappa shape index (κ3) is 58.6. The maximum atomic E-state index is 12.9. The Hall–Kier alpha value is -4.19. The lowest BCUT2D eigenvalue weighted by Gasteiger charge is -2.18. The third-order valence-corrected chi connectivity index (χ3v) is 12.5. The number of carbonyl (C=O) groups excluding carboxylic acids is 3. The average Bonchev–Trinajstić information content (AvgIpc) is 3.39. The molecule has 0 amide bonds. The zero-order valence-electron chi connectivity index (χ0n) is 47.4. The summed E-state index contributed by atoms with van der Waals surface area (Å²) in [6.45, 7) is 6.38. The molecule has 0 rings (SSSR count). The van der Waals surface area contributed by atoms with Gasteiger partial charge in [0.15, 0.2) is 6.10 Å². The molecule has 0 aliphatic rings. The van der Waals surface area contributed by atoms with Crippen molar-refractivity contribution in [2.75, 3.05) is 13.2 Å². The van der Waals surface area contributed by atoms with Gasteiger partial charge in [-0.2, -0.15) is 0 Å². The van der Waals surface area contributed by atoms with Gasteiger partial charge in [0.1, 0.15) is 13.2 Å². The number of carbonyl (C=O) groups is 3. The number of unbranched alkanes of at least 4 members (excludes halogenated alkanes) is 22. The fourth-order valence-corrected chi connectivity index (χ4v) is 8.03. The van der Waals surface area contributed by atoms with Crippen LogP contribution in [0.15, 0.2) is 122 Å². The van der Waals surface area contributed by atoms with E-state index in [2.05, 4.69) is 142 Å². The number of hydrogen-bond acceptors (Lipinski definition) is 6. The summed E-state index contributed by atoms with van der Waals surface area (Å²) >= 11 is 0. The molecule has 0 aromatic heterocycles. The molecular weight excluding hydrogens is 901 g/mol. The molecule has 0 N–H and O–H groups in total. The van der Waals surface area contributed by atoms with Crippen LogP contribution in [0.1, 0.15) is 265 Å². The van der Waals surface area contributed by atoms with Gasteiger partial charge in [-0.15, -0.1) is 0 Å². The van der Waals surface area contributed by atoms with Crippen LogP contribution in [0.4, 0.5) is 0 Å². The van der Waals surface area contributed by atoms with E-state index in [1.165, 1.54) is 83.5 Å². The van der Waals surface area contributed by atoms with E-state index < -0.39 is 6.10 Å². The Morgan fingerprint density at radius 2 is 0.534 bits per heavy atom. The SMILES string of the molecule is CC/C=C\C/C=C\C/C=C\C/C=C\C/C=C\C/C=C\CCCCCCC(=O)OCC(COC(=O)CCCCCCCCCCCCC)OC(=O)CCCCCCCCCC/C=C\C/C=C\C/C=C\C/C=C\CC. The molecule has 73 heavy (non-hydrogen) atoms. The van der Waals surface area contributed by atoms with E-state index in [9.17, 15) is 14.4 Å². The summed E-state index contributed by atoms with van der Waals surface area (Å²) < 4.78 is 16.9. The maximum absolute atomic E-state index is 12.9. The summed E-state index contributed by atoms with van der Waals surface area (Å²) in [4.78, 5) is 38.2. The molecule has 0 aromatic rings. The molecule has 0 heterocycles. The van der Waals surface area contributed by atoms with Crippen molar-refractivity contribution in [1.82, 2.24) is 0 Å². The Balaban J connectivity index is 4.40. The van der Waals surface area contributed by atoms with Gasteiger partial charge in [-0.3, -0.25) is 14.4 Å². The zero-order chi connectivity index (χ0) is 52.9. The van der Waals surface area contributed by atoms with Gasteiger partial charge in [-0.05, 0) is 109 Å². The lowest BCUT2D eigenvalue weighted by Crippen LogP contribution is -2.30. The standard InChI is InChI=1S/C67H110O6/c1-4-7-10-13-16-19-22-24-26-28-30-32-33-35-36-38-40-42-45-48-51-54-57-60-66(69)72-63-64(62-71-65(68)59-56-53-50-47-44-21-18-15-12-9-6-3)73-67(70)61-58-55-52-49-46-43-41-39-37-34-31-29-27-25-23-20-17-14-11-8-5-2/h7-8,10-11,16-17,19-20,24-27,30-32,34-36,40,42,64H,4-6,9,12-15,18,21-23,28-29,33,37-39,41,43-63H2,1-3H3/b10-7-,11-8-,19-16-,20-17-,26-24-,27-25-,32-30-,34-31-,36-35-,42-40-. The molecule has 0 fully saturated rings. The fraction of sp³-hybridized carbons (Fsp3) is 0.657. The Morgan fingerprint density at radius 3 is 0.836 bits per heavy atom. The molecule has 0 aliphatic heterocycles. The first-order chi connectivity index (χ1) is 36.0. The summed E-state index contributed by atoms with van der Waals surface area (Å²) in [5, 5.41) is 0. The number of allylic oxidation sites excluding steroid dienone is 20. The van der Waals surface area contributed by atoms with Crippen molar-refractivity contribution in [3.05, 3.63) is 122 Å². The Morgan fingerprint density at radius 1 is 0.288 bits per heavy atom. The molecule has 0 aliphatic carbocycles. The maximum Gasteiger partial charge on any atom is 0.306 e. The smallest absolute Gasteiger partial charge is 0.306 e. The van der Waals surface area contributed by atoms with E-state index in [0.717, 1.165) is 141 Å². The Bertz CT molecular complexity index is 1540. The van der Waals surface area contributed by atoms with Crippen LogP contribution < -0.4 is 0 Å². The summed E-state index contributed by atoms with van der Waals surface area (Å²) in [7, 11) is 0. The van der Waals surface area contributed by atoms with Crippen LogP contribution in [0.3, 0.4) is 0 Å². The van der Waals surface area contributed by atoms with E-state index in [0.29, 0.717) is 19.3 Å². The van der Waals surface area contributed by atoms with E-state index in [1.54, 1.807) is 0 Å². The lowest BCUT2D eigenvalue weighted by atomic mass is 10.1. The molecule has 0 aromatic carbocycles. The van der Waals surface area contributed by atoms with Gasteiger partial charge in [0.2, 0.25) is 0 Å². The second-order valence-corrected chi connectivity index (χ2v) is 19.5.